The van der Waals surface area contributed by atoms with Gasteiger partial charge in [0, 0.05) is 34.8 Å². The van der Waals surface area contributed by atoms with Crippen LogP contribution in [0.2, 0.25) is 0 Å². The number of methoxy groups -OCH3 is 1. The summed E-state index contributed by atoms with van der Waals surface area (Å²) in [5, 5.41) is 13.1. The molecule has 2 bridgehead atoms. The summed E-state index contributed by atoms with van der Waals surface area (Å²) in [5.74, 6) is 1.92. The fourth-order valence-corrected chi connectivity index (χ4v) is 6.10. The number of aliphatic hydroxyl groups excluding tert-OH is 1. The van der Waals surface area contributed by atoms with Crippen LogP contribution in [0.3, 0.4) is 0 Å². The highest BCUT2D eigenvalue weighted by Gasteiger charge is 2.43. The van der Waals surface area contributed by atoms with Gasteiger partial charge in [-0.1, -0.05) is 49.8 Å². The Hall–Kier alpha value is -2.69. The van der Waals surface area contributed by atoms with Crippen molar-refractivity contribution in [2.45, 2.75) is 51.2 Å². The van der Waals surface area contributed by atoms with Crippen molar-refractivity contribution in [3.63, 3.8) is 0 Å². The Bertz CT molecular complexity index is 1160. The number of hydrogen-bond acceptors (Lipinski definition) is 4. The molecule has 3 aliphatic heterocycles. The summed E-state index contributed by atoms with van der Waals surface area (Å²) in [4.78, 5) is 7.62. The number of nitrogens with zero attached hydrogens (tertiary/aromatic N) is 2. The Kier molecular flexibility index (Phi) is 6.71. The quantitative estimate of drug-likeness (QED) is 0.411. The minimum absolute atomic E-state index is 0.105. The van der Waals surface area contributed by atoms with Crippen molar-refractivity contribution >= 4 is 10.9 Å². The lowest BCUT2D eigenvalue weighted by molar-refractivity contribution is -0.0443. The van der Waals surface area contributed by atoms with Crippen LogP contribution in [0, 0.1) is 11.8 Å². The van der Waals surface area contributed by atoms with Crippen LogP contribution < -0.4 is 4.74 Å². The molecule has 4 nitrogen and oxygen atoms in total. The average molecular weight is 457 g/mol. The second-order valence-electron chi connectivity index (χ2n) is 9.89. The summed E-state index contributed by atoms with van der Waals surface area (Å²) in [6.45, 7) is 8.33. The van der Waals surface area contributed by atoms with Gasteiger partial charge in [-0.25, -0.2) is 0 Å². The highest BCUT2D eigenvalue weighted by Crippen LogP contribution is 2.45. The molecule has 3 fully saturated rings. The van der Waals surface area contributed by atoms with Crippen molar-refractivity contribution in [3.8, 4) is 16.9 Å². The molecule has 3 aliphatic rings. The summed E-state index contributed by atoms with van der Waals surface area (Å²) in [7, 11) is 1.69. The van der Waals surface area contributed by atoms with E-state index in [1.54, 1.807) is 7.11 Å². The maximum atomic E-state index is 12.1. The van der Waals surface area contributed by atoms with Crippen LogP contribution in [0.15, 0.2) is 61.2 Å². The standard InChI is InChI=1S/C30H36N2O2/c1-4-6-12-26-28(21-10-8-7-9-11-21)29(24-18-23(34-3)13-14-25(24)31-26)30(33)27-17-22-15-16-32(27)19-20(22)5-2/h5,7-11,13-14,18,20,22,27,30,33H,2,4,6,12,15-17,19H2,1,3H3/t20-,22?,27-,30-/m0/s1. The zero-order valence-corrected chi connectivity index (χ0v) is 20.4. The molecule has 1 aromatic heterocycles. The van der Waals surface area contributed by atoms with Gasteiger partial charge >= 0.3 is 0 Å². The SMILES string of the molecule is C=C[C@H]1CN2CCC1C[C@H]2[C@H](O)c1c(-c2ccccc2)c(CCCC)nc2ccc(OC)cc12. The predicted octanol–water partition coefficient (Wildman–Crippen LogP) is 6.18. The zero-order valence-electron chi connectivity index (χ0n) is 20.4. The second kappa shape index (κ2) is 9.89. The van der Waals surface area contributed by atoms with E-state index in [1.165, 1.54) is 6.42 Å². The molecule has 3 saturated heterocycles. The Morgan fingerprint density at radius 2 is 2.06 bits per heavy atom. The number of ether oxygens (including phenoxy) is 1. The maximum absolute atomic E-state index is 12.1. The van der Waals surface area contributed by atoms with Gasteiger partial charge in [-0.15, -0.1) is 6.58 Å². The van der Waals surface area contributed by atoms with Crippen LogP contribution in [0.25, 0.3) is 22.0 Å². The Balaban J connectivity index is 1.71. The predicted molar refractivity (Wildman–Crippen MR) is 139 cm³/mol. The fourth-order valence-electron chi connectivity index (χ4n) is 6.10. The normalized spacial score (nSPS) is 24.8. The third-order valence-electron chi connectivity index (χ3n) is 7.95. The average Bonchev–Trinajstić information content (AvgIpc) is 2.90. The molecule has 5 atom stereocenters. The van der Waals surface area contributed by atoms with Crippen LogP contribution in [0.5, 0.6) is 5.75 Å². The molecule has 3 aromatic rings. The van der Waals surface area contributed by atoms with Gasteiger partial charge in [-0.3, -0.25) is 9.88 Å². The van der Waals surface area contributed by atoms with Crippen LogP contribution in [0.4, 0.5) is 0 Å². The second-order valence-corrected chi connectivity index (χ2v) is 9.89. The van der Waals surface area contributed by atoms with Crippen molar-refractivity contribution in [3.05, 3.63) is 72.4 Å². The molecular weight excluding hydrogens is 420 g/mol. The van der Waals surface area contributed by atoms with Crippen molar-refractivity contribution in [1.29, 1.82) is 0 Å². The number of aryl methyl sites for hydroxylation is 1. The number of unbranched alkanes of at least 4 members (excludes halogenated alkanes) is 1. The molecule has 178 valence electrons. The molecule has 2 unspecified atom stereocenters. The van der Waals surface area contributed by atoms with Gasteiger partial charge in [0.05, 0.1) is 18.7 Å². The lowest BCUT2D eigenvalue weighted by Gasteiger charge is -2.50. The fraction of sp³-hybridized carbons (Fsp3) is 0.433. The summed E-state index contributed by atoms with van der Waals surface area (Å²) < 4.78 is 5.59. The van der Waals surface area contributed by atoms with E-state index >= 15 is 0 Å². The number of aliphatic hydroxyl groups is 1. The van der Waals surface area contributed by atoms with Crippen molar-refractivity contribution in [2.75, 3.05) is 20.2 Å². The lowest BCUT2D eigenvalue weighted by Crippen LogP contribution is -2.54. The van der Waals surface area contributed by atoms with Gasteiger partial charge in [0.15, 0.2) is 0 Å². The van der Waals surface area contributed by atoms with E-state index in [1.807, 2.05) is 18.2 Å². The Morgan fingerprint density at radius 3 is 2.74 bits per heavy atom. The zero-order chi connectivity index (χ0) is 23.7. The largest absolute Gasteiger partial charge is 0.497 e. The maximum Gasteiger partial charge on any atom is 0.119 e. The molecule has 1 N–H and O–H groups in total. The first-order chi connectivity index (χ1) is 16.6. The van der Waals surface area contributed by atoms with E-state index < -0.39 is 6.10 Å². The third-order valence-corrected chi connectivity index (χ3v) is 7.95. The minimum Gasteiger partial charge on any atom is -0.497 e. The highest BCUT2D eigenvalue weighted by atomic mass is 16.5. The molecule has 4 heteroatoms. The van der Waals surface area contributed by atoms with Crippen LogP contribution in [-0.4, -0.2) is 41.2 Å². The molecule has 0 aliphatic carbocycles. The molecule has 0 spiro atoms. The Morgan fingerprint density at radius 1 is 1.24 bits per heavy atom. The highest BCUT2D eigenvalue weighted by molar-refractivity contribution is 5.91. The van der Waals surface area contributed by atoms with Crippen LogP contribution >= 0.6 is 0 Å². The van der Waals surface area contributed by atoms with Gasteiger partial charge < -0.3 is 9.84 Å². The van der Waals surface area contributed by atoms with Gasteiger partial charge in [0.1, 0.15) is 5.75 Å². The molecular formula is C30H36N2O2. The number of piperidine rings is 3. The first kappa shape index (κ1) is 23.1. The smallest absolute Gasteiger partial charge is 0.119 e. The molecule has 0 radical (unpaired) electrons. The van der Waals surface area contributed by atoms with Gasteiger partial charge in [-0.05, 0) is 67.8 Å². The van der Waals surface area contributed by atoms with E-state index in [9.17, 15) is 5.11 Å². The number of pyridine rings is 1. The van der Waals surface area contributed by atoms with Crippen molar-refractivity contribution < 1.29 is 9.84 Å². The van der Waals surface area contributed by atoms with Crippen LogP contribution in [0.1, 0.15) is 50.0 Å². The first-order valence-corrected chi connectivity index (χ1v) is 12.7. The number of aromatic nitrogens is 1. The van der Waals surface area contributed by atoms with E-state index in [2.05, 4.69) is 54.8 Å². The lowest BCUT2D eigenvalue weighted by atomic mass is 9.73. The van der Waals surface area contributed by atoms with Crippen LogP contribution in [-0.2, 0) is 6.42 Å². The van der Waals surface area contributed by atoms with E-state index in [4.69, 9.17) is 9.72 Å². The van der Waals surface area contributed by atoms with Crippen molar-refractivity contribution in [2.24, 2.45) is 11.8 Å². The summed E-state index contributed by atoms with van der Waals surface area (Å²) >= 11 is 0. The van der Waals surface area contributed by atoms with E-state index in [-0.39, 0.29) is 6.04 Å². The van der Waals surface area contributed by atoms with E-state index in [0.717, 1.165) is 77.8 Å². The monoisotopic (exact) mass is 456 g/mol. The summed E-state index contributed by atoms with van der Waals surface area (Å²) in [6.07, 6.45) is 6.80. The number of hydrogen-bond donors (Lipinski definition) is 1. The Labute approximate surface area is 203 Å². The molecule has 6 rings (SSSR count). The van der Waals surface area contributed by atoms with Gasteiger partial charge in [0.25, 0.3) is 0 Å². The third kappa shape index (κ3) is 4.14. The molecule has 2 aromatic carbocycles. The number of rotatable bonds is 8. The van der Waals surface area contributed by atoms with Crippen molar-refractivity contribution in [1.82, 2.24) is 9.88 Å². The van der Waals surface area contributed by atoms with Gasteiger partial charge in [-0.2, -0.15) is 0 Å². The molecule has 0 saturated carbocycles. The van der Waals surface area contributed by atoms with E-state index in [0.29, 0.717) is 11.8 Å². The summed E-state index contributed by atoms with van der Waals surface area (Å²) in [5.41, 5.74) is 5.25. The van der Waals surface area contributed by atoms with Gasteiger partial charge in [0.2, 0.25) is 0 Å². The number of fused-ring (bicyclic) bond motifs is 4. The molecule has 4 heterocycles. The first-order valence-electron chi connectivity index (χ1n) is 12.7. The topological polar surface area (TPSA) is 45.6 Å². The minimum atomic E-state index is -0.596. The molecule has 34 heavy (non-hydrogen) atoms. The number of benzene rings is 2. The summed E-state index contributed by atoms with van der Waals surface area (Å²) in [6, 6.07) is 16.7. The molecule has 0 amide bonds.